The van der Waals surface area contributed by atoms with E-state index in [1.807, 2.05) is 31.2 Å². The normalized spacial score (nSPS) is 10.7. The van der Waals surface area contributed by atoms with Crippen molar-refractivity contribution in [1.82, 2.24) is 0 Å². The van der Waals surface area contributed by atoms with Gasteiger partial charge in [-0.05, 0) is 40.4 Å². The smallest absolute Gasteiger partial charge is 0.177 e. The van der Waals surface area contributed by atoms with Crippen molar-refractivity contribution in [3.63, 3.8) is 0 Å². The second kappa shape index (κ2) is 7.85. The predicted octanol–water partition coefficient (Wildman–Crippen LogP) is 6.71. The topological polar surface area (TPSA) is 23.8 Å². The van der Waals surface area contributed by atoms with Crippen molar-refractivity contribution < 1.29 is 17.6 Å². The molecule has 0 bridgehead atoms. The van der Waals surface area contributed by atoms with Crippen LogP contribution in [0.25, 0.3) is 22.3 Å². The molecule has 6 heteroatoms. The molecule has 0 saturated carbocycles. The van der Waals surface area contributed by atoms with Gasteiger partial charge in [-0.3, -0.25) is 0 Å². The zero-order valence-electron chi connectivity index (χ0n) is 14.2. The van der Waals surface area contributed by atoms with Crippen LogP contribution in [0.3, 0.4) is 0 Å². The van der Waals surface area contributed by atoms with Gasteiger partial charge in [0.05, 0.1) is 10.5 Å². The van der Waals surface area contributed by atoms with E-state index in [9.17, 15) is 17.6 Å². The number of nitrogens with zero attached hydrogens (tertiary/aromatic N) is 1. The monoisotopic (exact) mass is 387 g/mol. The first-order valence-electron chi connectivity index (χ1n) is 8.09. The number of rotatable bonds is 4. The molecule has 3 rings (SSSR count). The molecule has 0 heterocycles. The maximum absolute atomic E-state index is 14.3. The molecule has 0 aliphatic rings. The molecule has 0 aliphatic carbocycles. The van der Waals surface area contributed by atoms with E-state index in [0.29, 0.717) is 0 Å². The van der Waals surface area contributed by atoms with Crippen molar-refractivity contribution >= 4 is 11.8 Å². The molecule has 3 aromatic carbocycles. The average Bonchev–Trinajstić information content (AvgIpc) is 2.70. The van der Waals surface area contributed by atoms with Gasteiger partial charge in [-0.25, -0.2) is 17.6 Å². The molecule has 0 unspecified atom stereocenters. The summed E-state index contributed by atoms with van der Waals surface area (Å²) >= 11 is 0.0390. The van der Waals surface area contributed by atoms with Crippen LogP contribution in [0.4, 0.5) is 17.6 Å². The number of nitriles is 1. The first-order valence-corrected chi connectivity index (χ1v) is 8.91. The Kier molecular flexibility index (Phi) is 5.52. The van der Waals surface area contributed by atoms with Crippen molar-refractivity contribution in [3.8, 4) is 27.7 Å². The van der Waals surface area contributed by atoms with E-state index in [1.165, 1.54) is 23.1 Å². The van der Waals surface area contributed by atoms with Crippen LogP contribution in [0.2, 0.25) is 0 Å². The van der Waals surface area contributed by atoms with Crippen LogP contribution in [-0.2, 0) is 6.42 Å². The van der Waals surface area contributed by atoms with Crippen molar-refractivity contribution in [2.24, 2.45) is 0 Å². The van der Waals surface area contributed by atoms with Crippen LogP contribution >= 0.6 is 11.8 Å². The minimum Gasteiger partial charge on any atom is -0.203 e. The van der Waals surface area contributed by atoms with E-state index < -0.39 is 33.7 Å². The van der Waals surface area contributed by atoms with E-state index in [4.69, 9.17) is 5.26 Å². The molecule has 136 valence electrons. The molecule has 0 N–H and O–H groups in total. The number of halogens is 4. The summed E-state index contributed by atoms with van der Waals surface area (Å²) in [5.41, 5.74) is 2.11. The van der Waals surface area contributed by atoms with E-state index in [2.05, 4.69) is 0 Å². The molecular weight excluding hydrogens is 374 g/mol. The van der Waals surface area contributed by atoms with Crippen molar-refractivity contribution in [2.75, 3.05) is 0 Å². The minimum atomic E-state index is -1.57. The third-order valence-corrected chi connectivity index (χ3v) is 4.89. The Morgan fingerprint density at radius 2 is 1.19 bits per heavy atom. The standard InChI is InChI=1S/C21H13F4NS/c1-2-12-3-5-13(6-4-12)14-7-9-15(10-8-14)16-17(22)19(24)21(27-11-26)20(25)18(16)23/h3-10H,2H2,1H3. The highest BCUT2D eigenvalue weighted by Crippen LogP contribution is 2.36. The van der Waals surface area contributed by atoms with Gasteiger partial charge in [-0.15, -0.1) is 0 Å². The maximum atomic E-state index is 14.3. The molecule has 0 atom stereocenters. The van der Waals surface area contributed by atoms with Crippen molar-refractivity contribution in [3.05, 3.63) is 77.4 Å². The molecule has 0 spiro atoms. The van der Waals surface area contributed by atoms with Gasteiger partial charge >= 0.3 is 0 Å². The number of hydrogen-bond donors (Lipinski definition) is 0. The number of thioether (sulfide) groups is 1. The van der Waals surface area contributed by atoms with Crippen molar-refractivity contribution in [2.45, 2.75) is 18.2 Å². The van der Waals surface area contributed by atoms with E-state index in [-0.39, 0.29) is 17.3 Å². The zero-order valence-corrected chi connectivity index (χ0v) is 15.0. The molecule has 0 aliphatic heterocycles. The van der Waals surface area contributed by atoms with E-state index >= 15 is 0 Å². The lowest BCUT2D eigenvalue weighted by atomic mass is 9.98. The lowest BCUT2D eigenvalue weighted by Crippen LogP contribution is -2.02. The lowest BCUT2D eigenvalue weighted by Gasteiger charge is -2.11. The van der Waals surface area contributed by atoms with Crippen LogP contribution in [0.1, 0.15) is 12.5 Å². The summed E-state index contributed by atoms with van der Waals surface area (Å²) in [6.45, 7) is 2.05. The van der Waals surface area contributed by atoms with Gasteiger partial charge in [-0.1, -0.05) is 55.5 Å². The summed E-state index contributed by atoms with van der Waals surface area (Å²) in [4.78, 5) is -0.983. The van der Waals surface area contributed by atoms with Crippen LogP contribution < -0.4 is 0 Å². The Labute approximate surface area is 158 Å². The Balaban J connectivity index is 2.04. The summed E-state index contributed by atoms with van der Waals surface area (Å²) in [6.07, 6.45) is 0.912. The van der Waals surface area contributed by atoms with Gasteiger partial charge in [-0.2, -0.15) is 5.26 Å². The summed E-state index contributed by atoms with van der Waals surface area (Å²) in [5, 5.41) is 9.96. The van der Waals surface area contributed by atoms with Gasteiger partial charge in [0.25, 0.3) is 0 Å². The largest absolute Gasteiger partial charge is 0.203 e. The molecule has 0 amide bonds. The Morgan fingerprint density at radius 3 is 1.63 bits per heavy atom. The highest BCUT2D eigenvalue weighted by Gasteiger charge is 2.26. The summed E-state index contributed by atoms with van der Waals surface area (Å²) in [7, 11) is 0. The van der Waals surface area contributed by atoms with Gasteiger partial charge in [0.1, 0.15) is 5.40 Å². The Morgan fingerprint density at radius 1 is 0.741 bits per heavy atom. The van der Waals surface area contributed by atoms with Gasteiger partial charge in [0.15, 0.2) is 23.3 Å². The SMILES string of the molecule is CCc1ccc(-c2ccc(-c3c(F)c(F)c(SC#N)c(F)c3F)cc2)cc1. The molecule has 3 aromatic rings. The first kappa shape index (κ1) is 19.0. The van der Waals surface area contributed by atoms with E-state index in [1.54, 1.807) is 12.1 Å². The molecule has 1 nitrogen and oxygen atoms in total. The number of aryl methyl sites for hydroxylation is 1. The molecule has 0 saturated heterocycles. The van der Waals surface area contributed by atoms with Crippen LogP contribution in [0.15, 0.2) is 53.4 Å². The third kappa shape index (κ3) is 3.56. The van der Waals surface area contributed by atoms with Crippen LogP contribution in [-0.4, -0.2) is 0 Å². The Bertz CT molecular complexity index is 993. The number of benzene rings is 3. The first-order chi connectivity index (χ1) is 13.0. The third-order valence-electron chi connectivity index (χ3n) is 4.24. The van der Waals surface area contributed by atoms with Crippen LogP contribution in [0, 0.1) is 33.9 Å². The molecule has 0 aromatic heterocycles. The summed E-state index contributed by atoms with van der Waals surface area (Å²) in [5.74, 6) is -6.19. The van der Waals surface area contributed by atoms with Gasteiger partial charge in [0, 0.05) is 0 Å². The fraction of sp³-hybridized carbons (Fsp3) is 0.0952. The number of thiocyanates is 1. The van der Waals surface area contributed by atoms with E-state index in [0.717, 1.165) is 17.5 Å². The number of hydrogen-bond acceptors (Lipinski definition) is 2. The average molecular weight is 387 g/mol. The summed E-state index contributed by atoms with van der Waals surface area (Å²) < 4.78 is 56.7. The highest BCUT2D eigenvalue weighted by atomic mass is 32.2. The maximum Gasteiger partial charge on any atom is 0.177 e. The fourth-order valence-electron chi connectivity index (χ4n) is 2.76. The van der Waals surface area contributed by atoms with Gasteiger partial charge in [0.2, 0.25) is 0 Å². The fourth-order valence-corrected chi connectivity index (χ4v) is 3.21. The van der Waals surface area contributed by atoms with Crippen LogP contribution in [0.5, 0.6) is 0 Å². The van der Waals surface area contributed by atoms with Gasteiger partial charge < -0.3 is 0 Å². The highest BCUT2D eigenvalue weighted by molar-refractivity contribution is 8.03. The zero-order chi connectivity index (χ0) is 19.6. The lowest BCUT2D eigenvalue weighted by molar-refractivity contribution is 0.430. The second-order valence-electron chi connectivity index (χ2n) is 5.78. The molecule has 27 heavy (non-hydrogen) atoms. The molecule has 0 radical (unpaired) electrons. The van der Waals surface area contributed by atoms with Crippen molar-refractivity contribution in [1.29, 1.82) is 5.26 Å². The summed E-state index contributed by atoms with van der Waals surface area (Å²) in [6, 6.07) is 13.9. The molecular formula is C21H13F4NS. The quantitative estimate of drug-likeness (QED) is 0.215. The minimum absolute atomic E-state index is 0.00485. The predicted molar refractivity (Wildman–Crippen MR) is 98.0 cm³/mol. The second-order valence-corrected chi connectivity index (χ2v) is 6.58. The molecule has 0 fully saturated rings. The Hall–Kier alpha value is -2.78.